The van der Waals surface area contributed by atoms with E-state index in [9.17, 15) is 4.39 Å². The van der Waals surface area contributed by atoms with Gasteiger partial charge >= 0.3 is 0 Å². The lowest BCUT2D eigenvalue weighted by molar-refractivity contribution is 0.0240. The second kappa shape index (κ2) is 5.64. The van der Waals surface area contributed by atoms with Gasteiger partial charge in [-0.15, -0.1) is 0 Å². The Morgan fingerprint density at radius 2 is 2.12 bits per heavy atom. The quantitative estimate of drug-likeness (QED) is 0.795. The number of hydrogen-bond acceptors (Lipinski definition) is 2. The minimum absolute atomic E-state index is 0.0815. The maximum Gasteiger partial charge on any atom is 0.165 e. The molecule has 1 saturated heterocycles. The van der Waals surface area contributed by atoms with E-state index >= 15 is 0 Å². The molecule has 1 heterocycles. The Labute approximate surface area is 103 Å². The molecule has 0 aromatic heterocycles. The van der Waals surface area contributed by atoms with E-state index in [4.69, 9.17) is 9.47 Å². The molecule has 1 aliphatic rings. The van der Waals surface area contributed by atoms with Crippen LogP contribution in [0.4, 0.5) is 4.39 Å². The van der Waals surface area contributed by atoms with Crippen molar-refractivity contribution < 1.29 is 13.9 Å². The molecule has 0 aliphatic carbocycles. The molecule has 0 N–H and O–H groups in total. The maximum absolute atomic E-state index is 13.6. The van der Waals surface area contributed by atoms with E-state index < -0.39 is 0 Å². The van der Waals surface area contributed by atoms with Gasteiger partial charge in [-0.25, -0.2) is 4.39 Å². The van der Waals surface area contributed by atoms with Crippen molar-refractivity contribution in [2.75, 3.05) is 13.2 Å². The highest BCUT2D eigenvalue weighted by atomic mass is 79.9. The Morgan fingerprint density at radius 3 is 2.75 bits per heavy atom. The minimum atomic E-state index is -0.288. The van der Waals surface area contributed by atoms with Crippen molar-refractivity contribution in [2.24, 2.45) is 0 Å². The number of halogens is 2. The predicted molar refractivity (Wildman–Crippen MR) is 63.5 cm³/mol. The van der Waals surface area contributed by atoms with Crippen LogP contribution in [0, 0.1) is 5.82 Å². The summed E-state index contributed by atoms with van der Waals surface area (Å²) >= 11 is 3.29. The van der Waals surface area contributed by atoms with Crippen molar-refractivity contribution >= 4 is 15.9 Å². The first kappa shape index (κ1) is 11.9. The van der Waals surface area contributed by atoms with Crippen LogP contribution in [0.15, 0.2) is 18.2 Å². The third-order valence-corrected chi connectivity index (χ3v) is 3.26. The molecule has 16 heavy (non-hydrogen) atoms. The van der Waals surface area contributed by atoms with Crippen molar-refractivity contribution in [3.63, 3.8) is 0 Å². The molecule has 2 rings (SSSR count). The van der Waals surface area contributed by atoms with Gasteiger partial charge < -0.3 is 9.47 Å². The SMILES string of the molecule is Fc1cc(CBr)ccc1OC1CCOCC1. The summed E-state index contributed by atoms with van der Waals surface area (Å²) in [6, 6.07) is 5.07. The maximum atomic E-state index is 13.6. The van der Waals surface area contributed by atoms with E-state index in [1.54, 1.807) is 6.07 Å². The van der Waals surface area contributed by atoms with Gasteiger partial charge in [0.1, 0.15) is 6.10 Å². The molecule has 88 valence electrons. The summed E-state index contributed by atoms with van der Waals surface area (Å²) in [5.41, 5.74) is 0.914. The zero-order valence-electron chi connectivity index (χ0n) is 8.92. The average molecular weight is 289 g/mol. The second-order valence-electron chi connectivity index (χ2n) is 3.83. The minimum Gasteiger partial charge on any atom is -0.487 e. The largest absolute Gasteiger partial charge is 0.487 e. The first-order valence-corrected chi connectivity index (χ1v) is 6.50. The fourth-order valence-electron chi connectivity index (χ4n) is 1.70. The van der Waals surface area contributed by atoms with Crippen LogP contribution < -0.4 is 4.74 Å². The van der Waals surface area contributed by atoms with E-state index in [2.05, 4.69) is 15.9 Å². The van der Waals surface area contributed by atoms with Crippen LogP contribution in [0.3, 0.4) is 0 Å². The van der Waals surface area contributed by atoms with Gasteiger partial charge in [-0.3, -0.25) is 0 Å². The molecule has 0 amide bonds. The van der Waals surface area contributed by atoms with Gasteiger partial charge in [0.25, 0.3) is 0 Å². The summed E-state index contributed by atoms with van der Waals surface area (Å²) in [4.78, 5) is 0. The second-order valence-corrected chi connectivity index (χ2v) is 4.39. The summed E-state index contributed by atoms with van der Waals surface area (Å²) in [6.45, 7) is 1.40. The fraction of sp³-hybridized carbons (Fsp3) is 0.500. The van der Waals surface area contributed by atoms with Gasteiger partial charge in [0.15, 0.2) is 11.6 Å². The van der Waals surface area contributed by atoms with Gasteiger partial charge in [0.2, 0.25) is 0 Å². The zero-order valence-corrected chi connectivity index (χ0v) is 10.5. The Kier molecular flexibility index (Phi) is 4.18. The summed E-state index contributed by atoms with van der Waals surface area (Å²) in [5, 5.41) is 0.654. The fourth-order valence-corrected chi connectivity index (χ4v) is 2.05. The van der Waals surface area contributed by atoms with Gasteiger partial charge in [0.05, 0.1) is 13.2 Å². The number of benzene rings is 1. The number of hydrogen-bond donors (Lipinski definition) is 0. The monoisotopic (exact) mass is 288 g/mol. The van der Waals surface area contributed by atoms with E-state index in [1.807, 2.05) is 6.07 Å². The highest BCUT2D eigenvalue weighted by Crippen LogP contribution is 2.23. The van der Waals surface area contributed by atoms with E-state index in [0.29, 0.717) is 24.3 Å². The Morgan fingerprint density at radius 1 is 1.38 bits per heavy atom. The number of alkyl halides is 1. The van der Waals surface area contributed by atoms with E-state index in [0.717, 1.165) is 18.4 Å². The normalized spacial score (nSPS) is 17.4. The topological polar surface area (TPSA) is 18.5 Å². The van der Waals surface area contributed by atoms with Crippen molar-refractivity contribution in [2.45, 2.75) is 24.3 Å². The van der Waals surface area contributed by atoms with Crippen LogP contribution in [0.25, 0.3) is 0 Å². The standard InChI is InChI=1S/C12H14BrFO2/c13-8-9-1-2-12(11(14)7-9)16-10-3-5-15-6-4-10/h1-2,7,10H,3-6,8H2. The highest BCUT2D eigenvalue weighted by Gasteiger charge is 2.16. The van der Waals surface area contributed by atoms with Crippen LogP contribution in [-0.2, 0) is 10.1 Å². The van der Waals surface area contributed by atoms with Crippen LogP contribution >= 0.6 is 15.9 Å². The zero-order chi connectivity index (χ0) is 11.4. The Balaban J connectivity index is 2.03. The first-order chi connectivity index (χ1) is 7.79. The first-order valence-electron chi connectivity index (χ1n) is 5.38. The van der Waals surface area contributed by atoms with Crippen molar-refractivity contribution in [3.05, 3.63) is 29.6 Å². The Bertz CT molecular complexity index is 351. The molecule has 2 nitrogen and oxygen atoms in total. The van der Waals surface area contributed by atoms with Gasteiger partial charge in [-0.05, 0) is 17.7 Å². The number of rotatable bonds is 3. The van der Waals surface area contributed by atoms with Gasteiger partial charge in [-0.2, -0.15) is 0 Å². The van der Waals surface area contributed by atoms with E-state index in [1.165, 1.54) is 6.07 Å². The molecule has 0 atom stereocenters. The molecule has 0 radical (unpaired) electrons. The molecule has 0 spiro atoms. The van der Waals surface area contributed by atoms with Gasteiger partial charge in [-0.1, -0.05) is 22.0 Å². The van der Waals surface area contributed by atoms with Gasteiger partial charge in [0, 0.05) is 18.2 Å². The van der Waals surface area contributed by atoms with Crippen LogP contribution in [0.5, 0.6) is 5.75 Å². The van der Waals surface area contributed by atoms with Crippen molar-refractivity contribution in [1.29, 1.82) is 0 Å². The predicted octanol–water partition coefficient (Wildman–Crippen LogP) is 3.28. The van der Waals surface area contributed by atoms with E-state index in [-0.39, 0.29) is 11.9 Å². The molecule has 4 heteroatoms. The molecule has 0 saturated carbocycles. The molecule has 1 aromatic carbocycles. The van der Waals surface area contributed by atoms with Crippen LogP contribution in [0.1, 0.15) is 18.4 Å². The molecular formula is C12H14BrFO2. The lowest BCUT2D eigenvalue weighted by atomic mass is 10.1. The molecule has 0 bridgehead atoms. The van der Waals surface area contributed by atoms with Crippen molar-refractivity contribution in [3.8, 4) is 5.75 Å². The molecule has 1 fully saturated rings. The molecule has 0 unspecified atom stereocenters. The van der Waals surface area contributed by atoms with Crippen LogP contribution in [-0.4, -0.2) is 19.3 Å². The summed E-state index contributed by atoms with van der Waals surface area (Å²) < 4.78 is 24.5. The summed E-state index contributed by atoms with van der Waals surface area (Å²) in [7, 11) is 0. The number of ether oxygens (including phenoxy) is 2. The highest BCUT2D eigenvalue weighted by molar-refractivity contribution is 9.08. The van der Waals surface area contributed by atoms with Crippen molar-refractivity contribution in [1.82, 2.24) is 0 Å². The Hall–Kier alpha value is -0.610. The summed E-state index contributed by atoms with van der Waals surface area (Å²) in [6.07, 6.45) is 1.75. The molecule has 1 aromatic rings. The third-order valence-electron chi connectivity index (χ3n) is 2.61. The third kappa shape index (κ3) is 2.95. The van der Waals surface area contributed by atoms with Crippen LogP contribution in [0.2, 0.25) is 0 Å². The smallest absolute Gasteiger partial charge is 0.165 e. The molecule has 1 aliphatic heterocycles. The summed E-state index contributed by atoms with van der Waals surface area (Å²) in [5.74, 6) is 0.0556. The molecular weight excluding hydrogens is 275 g/mol. The lowest BCUT2D eigenvalue weighted by Crippen LogP contribution is -2.26. The average Bonchev–Trinajstić information content (AvgIpc) is 2.33. The lowest BCUT2D eigenvalue weighted by Gasteiger charge is -2.23.